The van der Waals surface area contributed by atoms with E-state index in [0.29, 0.717) is 5.69 Å². The zero-order valence-corrected chi connectivity index (χ0v) is 21.5. The number of hydrogen-bond donors (Lipinski definition) is 2. The third-order valence-corrected chi connectivity index (χ3v) is 7.64. The van der Waals surface area contributed by atoms with Gasteiger partial charge in [0, 0.05) is 17.2 Å². The van der Waals surface area contributed by atoms with Crippen LogP contribution in [-0.4, -0.2) is 30.8 Å². The van der Waals surface area contributed by atoms with Crippen molar-refractivity contribution >= 4 is 21.9 Å². The van der Waals surface area contributed by atoms with Crippen molar-refractivity contribution in [3.05, 3.63) is 101 Å². The molecule has 0 radical (unpaired) electrons. The van der Waals surface area contributed by atoms with E-state index in [4.69, 9.17) is 4.74 Å². The molecule has 0 spiro atoms. The second-order valence-corrected chi connectivity index (χ2v) is 10.7. The summed E-state index contributed by atoms with van der Waals surface area (Å²) in [5, 5.41) is 2.88. The topological polar surface area (TPSA) is 110 Å². The molecule has 0 aliphatic carbocycles. The van der Waals surface area contributed by atoms with Gasteiger partial charge in [-0.2, -0.15) is 4.98 Å². The van der Waals surface area contributed by atoms with Crippen molar-refractivity contribution in [1.82, 2.24) is 15.3 Å². The highest BCUT2D eigenvalue weighted by Gasteiger charge is 2.24. The van der Waals surface area contributed by atoms with E-state index < -0.39 is 22.0 Å². The van der Waals surface area contributed by atoms with E-state index in [1.165, 1.54) is 18.2 Å². The van der Waals surface area contributed by atoms with Gasteiger partial charge in [0.25, 0.3) is 15.9 Å². The molecule has 8 nitrogen and oxygen atoms in total. The lowest BCUT2D eigenvalue weighted by Gasteiger charge is -2.22. The van der Waals surface area contributed by atoms with Gasteiger partial charge in [-0.05, 0) is 61.2 Å². The zero-order chi connectivity index (χ0) is 26.2. The molecule has 1 atom stereocenters. The lowest BCUT2D eigenvalue weighted by molar-refractivity contribution is 0.0925. The lowest BCUT2D eigenvalue weighted by atomic mass is 10.00. The summed E-state index contributed by atoms with van der Waals surface area (Å²) in [5.41, 5.74) is 5.42. The highest BCUT2D eigenvalue weighted by molar-refractivity contribution is 7.92. The first kappa shape index (κ1) is 24.5. The van der Waals surface area contributed by atoms with E-state index >= 15 is 0 Å². The molecule has 4 bridgehead atoms. The lowest BCUT2D eigenvalue weighted by Crippen LogP contribution is -2.31. The maximum atomic E-state index is 13.2. The van der Waals surface area contributed by atoms with Gasteiger partial charge in [0.2, 0.25) is 11.8 Å². The molecule has 0 fully saturated rings. The zero-order valence-electron chi connectivity index (χ0n) is 20.6. The Hall–Kier alpha value is -4.24. The van der Waals surface area contributed by atoms with E-state index in [1.807, 2.05) is 63.2 Å². The summed E-state index contributed by atoms with van der Waals surface area (Å²) in [7, 11) is -4.08. The minimum atomic E-state index is -4.08. The SMILES string of the molecule is Cc1ccccc1[C@@H]1CNC(=O)c2cccc(c2)S(=O)(=O)Nc2nc(cc(-c3c(C)cccc3C)n2)O1. The molecule has 1 aliphatic heterocycles. The first-order valence-electron chi connectivity index (χ1n) is 11.8. The van der Waals surface area contributed by atoms with Crippen LogP contribution in [0, 0.1) is 20.8 Å². The molecular weight excluding hydrogens is 488 g/mol. The molecule has 2 heterocycles. The molecule has 0 unspecified atom stereocenters. The predicted octanol–water partition coefficient (Wildman–Crippen LogP) is 4.73. The number of sulfonamides is 1. The number of ether oxygens (including phenoxy) is 1. The first-order chi connectivity index (χ1) is 17.7. The molecular formula is C28H26N4O4S. The molecule has 37 heavy (non-hydrogen) atoms. The molecule has 2 N–H and O–H groups in total. The molecule has 1 amide bonds. The maximum absolute atomic E-state index is 13.2. The van der Waals surface area contributed by atoms with Gasteiger partial charge in [-0.25, -0.2) is 18.1 Å². The van der Waals surface area contributed by atoms with Crippen molar-refractivity contribution < 1.29 is 17.9 Å². The number of anilines is 1. The first-order valence-corrected chi connectivity index (χ1v) is 13.3. The number of nitrogens with zero attached hydrogens (tertiary/aromatic N) is 2. The quantitative estimate of drug-likeness (QED) is 0.400. The van der Waals surface area contributed by atoms with E-state index in [9.17, 15) is 13.2 Å². The van der Waals surface area contributed by atoms with Gasteiger partial charge in [-0.1, -0.05) is 48.5 Å². The van der Waals surface area contributed by atoms with Crippen LogP contribution in [0.5, 0.6) is 5.88 Å². The summed E-state index contributed by atoms with van der Waals surface area (Å²) in [6.45, 7) is 6.04. The van der Waals surface area contributed by atoms with Crippen LogP contribution in [-0.2, 0) is 10.0 Å². The number of rotatable bonds is 2. The predicted molar refractivity (Wildman–Crippen MR) is 141 cm³/mol. The molecule has 188 valence electrons. The summed E-state index contributed by atoms with van der Waals surface area (Å²) < 4.78 is 35.3. The number of hydrogen-bond acceptors (Lipinski definition) is 6. The summed E-state index contributed by atoms with van der Waals surface area (Å²) in [6.07, 6.45) is -0.584. The highest BCUT2D eigenvalue weighted by atomic mass is 32.2. The molecule has 0 saturated carbocycles. The van der Waals surface area contributed by atoms with Gasteiger partial charge in [0.05, 0.1) is 17.1 Å². The maximum Gasteiger partial charge on any atom is 0.264 e. The molecule has 1 aliphatic rings. The van der Waals surface area contributed by atoms with E-state index in [2.05, 4.69) is 20.0 Å². The van der Waals surface area contributed by atoms with Crippen LogP contribution in [0.3, 0.4) is 0 Å². The average molecular weight is 515 g/mol. The van der Waals surface area contributed by atoms with Gasteiger partial charge >= 0.3 is 0 Å². The van der Waals surface area contributed by atoms with Crippen LogP contribution in [0.15, 0.2) is 77.7 Å². The fourth-order valence-corrected chi connectivity index (χ4v) is 5.45. The summed E-state index contributed by atoms with van der Waals surface area (Å²) >= 11 is 0. The smallest absolute Gasteiger partial charge is 0.264 e. The average Bonchev–Trinajstić information content (AvgIpc) is 2.86. The Kier molecular flexibility index (Phi) is 6.39. The summed E-state index contributed by atoms with van der Waals surface area (Å²) in [5.74, 6) is -0.353. The Morgan fingerprint density at radius 2 is 1.57 bits per heavy atom. The number of aromatic nitrogens is 2. The summed E-state index contributed by atoms with van der Waals surface area (Å²) in [6, 6.07) is 21.1. The van der Waals surface area contributed by atoms with Crippen LogP contribution in [0.25, 0.3) is 11.3 Å². The van der Waals surface area contributed by atoms with Crippen molar-refractivity contribution in [2.24, 2.45) is 0 Å². The van der Waals surface area contributed by atoms with Gasteiger partial charge in [0.15, 0.2) is 0 Å². The molecule has 1 aromatic heterocycles. The molecule has 4 aromatic rings. The highest BCUT2D eigenvalue weighted by Crippen LogP contribution is 2.31. The van der Waals surface area contributed by atoms with Crippen LogP contribution in [0.4, 0.5) is 5.95 Å². The number of amides is 1. The third kappa shape index (κ3) is 5.03. The van der Waals surface area contributed by atoms with E-state index in [1.54, 1.807) is 12.1 Å². The van der Waals surface area contributed by atoms with Gasteiger partial charge in [0.1, 0.15) is 6.10 Å². The van der Waals surface area contributed by atoms with Gasteiger partial charge < -0.3 is 10.1 Å². The number of nitrogens with one attached hydrogen (secondary N) is 2. The minimum Gasteiger partial charge on any atom is -0.467 e. The van der Waals surface area contributed by atoms with E-state index in [-0.39, 0.29) is 28.8 Å². The van der Waals surface area contributed by atoms with Gasteiger partial charge in [-0.3, -0.25) is 4.79 Å². The molecule has 5 rings (SSSR count). The number of carbonyl (C=O) groups excluding carboxylic acids is 1. The van der Waals surface area contributed by atoms with Gasteiger partial charge in [-0.15, -0.1) is 0 Å². The fourth-order valence-electron chi connectivity index (χ4n) is 4.46. The number of carbonyl (C=O) groups is 1. The van der Waals surface area contributed by atoms with Crippen LogP contribution < -0.4 is 14.8 Å². The van der Waals surface area contributed by atoms with E-state index in [0.717, 1.165) is 27.8 Å². The Morgan fingerprint density at radius 3 is 2.32 bits per heavy atom. The molecule has 3 aromatic carbocycles. The number of benzene rings is 3. The Balaban J connectivity index is 1.70. The number of fused-ring (bicyclic) bond motifs is 4. The fraction of sp³-hybridized carbons (Fsp3) is 0.179. The van der Waals surface area contributed by atoms with Crippen molar-refractivity contribution in [2.75, 3.05) is 11.3 Å². The number of aryl methyl sites for hydroxylation is 3. The van der Waals surface area contributed by atoms with Crippen molar-refractivity contribution in [3.63, 3.8) is 0 Å². The Labute approximate surface area is 215 Å². The molecule has 0 saturated heterocycles. The third-order valence-electron chi connectivity index (χ3n) is 6.32. The standard InChI is InChI=1S/C28H26N4O4S/c1-17-8-4-5-13-22(17)24-16-29-27(33)20-11-7-12-21(14-20)37(34,35)32-28-30-23(15-25(31-28)36-24)26-18(2)9-6-10-19(26)3/h4-15,24H,16H2,1-3H3,(H,29,33)(H,30,31,32)/t24-/m0/s1. The monoisotopic (exact) mass is 514 g/mol. The van der Waals surface area contributed by atoms with Crippen molar-refractivity contribution in [3.8, 4) is 17.1 Å². The largest absolute Gasteiger partial charge is 0.467 e. The Morgan fingerprint density at radius 1 is 0.865 bits per heavy atom. The van der Waals surface area contributed by atoms with Crippen molar-refractivity contribution in [2.45, 2.75) is 31.8 Å². The second-order valence-electron chi connectivity index (χ2n) is 8.99. The second kappa shape index (κ2) is 9.67. The van der Waals surface area contributed by atoms with Crippen LogP contribution in [0.2, 0.25) is 0 Å². The van der Waals surface area contributed by atoms with Crippen LogP contribution in [0.1, 0.15) is 38.7 Å². The van der Waals surface area contributed by atoms with Crippen molar-refractivity contribution in [1.29, 1.82) is 0 Å². The molecule has 9 heteroatoms. The Bertz CT molecular complexity index is 1600. The normalized spacial score (nSPS) is 16.7. The minimum absolute atomic E-state index is 0.0709. The summed E-state index contributed by atoms with van der Waals surface area (Å²) in [4.78, 5) is 21.8. The van der Waals surface area contributed by atoms with Crippen LogP contribution >= 0.6 is 0 Å².